The minimum Gasteiger partial charge on any atom is -0.295 e. The molecule has 2 aromatic carbocycles. The van der Waals surface area contributed by atoms with Crippen LogP contribution in [-0.4, -0.2) is 32.1 Å². The Balaban J connectivity index is 2.24. The standard InChI is InChI=1S/C19H23NO3S/c1-15(21)16-10-12-18(13-11-16)24(22,23)20(4)14-19(2,3)17-8-6-5-7-9-17/h5-13H,14H2,1-4H3. The minimum atomic E-state index is -3.60. The van der Waals surface area contributed by atoms with Gasteiger partial charge in [-0.3, -0.25) is 4.79 Å². The first-order valence-corrected chi connectivity index (χ1v) is 9.21. The van der Waals surface area contributed by atoms with Crippen molar-refractivity contribution in [1.82, 2.24) is 4.31 Å². The second-order valence-corrected chi connectivity index (χ2v) is 8.64. The average Bonchev–Trinajstić information content (AvgIpc) is 2.55. The minimum absolute atomic E-state index is 0.0856. The molecule has 0 aliphatic rings. The first kappa shape index (κ1) is 18.4. The first-order chi connectivity index (χ1) is 11.1. The Kier molecular flexibility index (Phi) is 5.26. The Morgan fingerprint density at radius 2 is 1.54 bits per heavy atom. The quantitative estimate of drug-likeness (QED) is 0.753. The molecule has 24 heavy (non-hydrogen) atoms. The molecule has 5 heteroatoms. The second kappa shape index (κ2) is 6.87. The van der Waals surface area contributed by atoms with Crippen molar-refractivity contribution in [3.63, 3.8) is 0 Å². The lowest BCUT2D eigenvalue weighted by Gasteiger charge is -2.30. The highest BCUT2D eigenvalue weighted by Gasteiger charge is 2.29. The van der Waals surface area contributed by atoms with Gasteiger partial charge in [0.1, 0.15) is 0 Å². The molecule has 0 spiro atoms. The van der Waals surface area contributed by atoms with Gasteiger partial charge in [-0.05, 0) is 24.6 Å². The molecule has 128 valence electrons. The van der Waals surface area contributed by atoms with Crippen LogP contribution in [0.5, 0.6) is 0 Å². The maximum Gasteiger partial charge on any atom is 0.242 e. The van der Waals surface area contributed by atoms with Crippen LogP contribution >= 0.6 is 0 Å². The summed E-state index contributed by atoms with van der Waals surface area (Å²) in [6.07, 6.45) is 0. The molecule has 2 rings (SSSR count). The molecule has 0 radical (unpaired) electrons. The number of rotatable bonds is 6. The number of likely N-dealkylation sites (N-methyl/N-ethyl adjacent to an activating group) is 1. The molecular formula is C19H23NO3S. The Morgan fingerprint density at radius 1 is 1.00 bits per heavy atom. The van der Waals surface area contributed by atoms with Crippen molar-refractivity contribution < 1.29 is 13.2 Å². The van der Waals surface area contributed by atoms with E-state index in [1.807, 2.05) is 44.2 Å². The molecule has 0 bridgehead atoms. The van der Waals surface area contributed by atoms with E-state index in [1.165, 1.54) is 23.4 Å². The van der Waals surface area contributed by atoms with Gasteiger partial charge in [0.2, 0.25) is 10.0 Å². The van der Waals surface area contributed by atoms with E-state index < -0.39 is 10.0 Å². The zero-order chi connectivity index (χ0) is 18.0. The number of hydrogen-bond donors (Lipinski definition) is 0. The van der Waals surface area contributed by atoms with Crippen LogP contribution in [0.3, 0.4) is 0 Å². The summed E-state index contributed by atoms with van der Waals surface area (Å²) in [7, 11) is -2.02. The molecule has 0 saturated carbocycles. The van der Waals surface area contributed by atoms with Crippen molar-refractivity contribution in [3.8, 4) is 0 Å². The van der Waals surface area contributed by atoms with Crippen molar-refractivity contribution in [3.05, 3.63) is 65.7 Å². The second-order valence-electron chi connectivity index (χ2n) is 6.59. The van der Waals surface area contributed by atoms with E-state index in [0.29, 0.717) is 12.1 Å². The van der Waals surface area contributed by atoms with Gasteiger partial charge in [-0.25, -0.2) is 12.7 Å². The molecule has 0 fully saturated rings. The number of nitrogens with zero attached hydrogens (tertiary/aromatic N) is 1. The predicted molar refractivity (Wildman–Crippen MR) is 95.7 cm³/mol. The van der Waals surface area contributed by atoms with Crippen LogP contribution in [0.1, 0.15) is 36.7 Å². The Hall–Kier alpha value is -1.98. The zero-order valence-electron chi connectivity index (χ0n) is 14.5. The number of Topliss-reactive ketones (excluding diaryl/α,β-unsaturated/α-hetero) is 1. The number of benzene rings is 2. The topological polar surface area (TPSA) is 54.5 Å². The number of carbonyl (C=O) groups is 1. The molecule has 0 heterocycles. The highest BCUT2D eigenvalue weighted by Crippen LogP contribution is 2.26. The van der Waals surface area contributed by atoms with Gasteiger partial charge in [-0.1, -0.05) is 56.3 Å². The lowest BCUT2D eigenvalue weighted by molar-refractivity contribution is 0.101. The van der Waals surface area contributed by atoms with Crippen LogP contribution < -0.4 is 0 Å². The summed E-state index contributed by atoms with van der Waals surface area (Å²) in [5.41, 5.74) is 1.27. The van der Waals surface area contributed by atoms with E-state index in [4.69, 9.17) is 0 Å². The molecule has 0 amide bonds. The largest absolute Gasteiger partial charge is 0.295 e. The summed E-state index contributed by atoms with van der Waals surface area (Å²) >= 11 is 0. The fourth-order valence-corrected chi connectivity index (χ4v) is 4.00. The van der Waals surface area contributed by atoms with E-state index in [2.05, 4.69) is 0 Å². The normalized spacial score (nSPS) is 12.4. The van der Waals surface area contributed by atoms with Gasteiger partial charge >= 0.3 is 0 Å². The molecule has 2 aromatic rings. The highest BCUT2D eigenvalue weighted by atomic mass is 32.2. The first-order valence-electron chi connectivity index (χ1n) is 7.77. The van der Waals surface area contributed by atoms with Gasteiger partial charge in [0, 0.05) is 24.6 Å². The van der Waals surface area contributed by atoms with Gasteiger partial charge in [0.25, 0.3) is 0 Å². The fraction of sp³-hybridized carbons (Fsp3) is 0.316. The highest BCUT2D eigenvalue weighted by molar-refractivity contribution is 7.89. The van der Waals surface area contributed by atoms with E-state index in [0.717, 1.165) is 5.56 Å². The van der Waals surface area contributed by atoms with Crippen molar-refractivity contribution >= 4 is 15.8 Å². The average molecular weight is 345 g/mol. The number of carbonyl (C=O) groups excluding carboxylic acids is 1. The molecule has 0 N–H and O–H groups in total. The summed E-state index contributed by atoms with van der Waals surface area (Å²) < 4.78 is 26.9. The SMILES string of the molecule is CC(=O)c1ccc(S(=O)(=O)N(C)CC(C)(C)c2ccccc2)cc1. The number of sulfonamides is 1. The van der Waals surface area contributed by atoms with Gasteiger partial charge in [-0.2, -0.15) is 0 Å². The lowest BCUT2D eigenvalue weighted by atomic mass is 9.85. The Bertz CT molecular complexity index is 809. The van der Waals surface area contributed by atoms with Crippen LogP contribution in [0, 0.1) is 0 Å². The smallest absolute Gasteiger partial charge is 0.242 e. The molecule has 0 aromatic heterocycles. The molecular weight excluding hydrogens is 322 g/mol. The van der Waals surface area contributed by atoms with Gasteiger partial charge in [-0.15, -0.1) is 0 Å². The lowest BCUT2D eigenvalue weighted by Crippen LogP contribution is -2.38. The van der Waals surface area contributed by atoms with E-state index in [9.17, 15) is 13.2 Å². The van der Waals surface area contributed by atoms with Crippen LogP contribution in [0.4, 0.5) is 0 Å². The van der Waals surface area contributed by atoms with Gasteiger partial charge in [0.05, 0.1) is 4.90 Å². The van der Waals surface area contributed by atoms with Crippen LogP contribution in [0.2, 0.25) is 0 Å². The van der Waals surface area contributed by atoms with Crippen LogP contribution in [0.15, 0.2) is 59.5 Å². The van der Waals surface area contributed by atoms with Crippen molar-refractivity contribution in [1.29, 1.82) is 0 Å². The summed E-state index contributed by atoms with van der Waals surface area (Å²) in [4.78, 5) is 11.5. The van der Waals surface area contributed by atoms with Gasteiger partial charge < -0.3 is 0 Å². The van der Waals surface area contributed by atoms with E-state index in [-0.39, 0.29) is 16.1 Å². The van der Waals surface area contributed by atoms with Crippen molar-refractivity contribution in [2.45, 2.75) is 31.1 Å². The predicted octanol–water partition coefficient (Wildman–Crippen LogP) is 3.49. The third-order valence-electron chi connectivity index (χ3n) is 4.14. The molecule has 0 saturated heterocycles. The van der Waals surface area contributed by atoms with Crippen molar-refractivity contribution in [2.75, 3.05) is 13.6 Å². The number of ketones is 1. The maximum atomic E-state index is 12.8. The van der Waals surface area contributed by atoms with Crippen LogP contribution in [-0.2, 0) is 15.4 Å². The molecule has 4 nitrogen and oxygen atoms in total. The molecule has 0 aliphatic carbocycles. The Morgan fingerprint density at radius 3 is 2.04 bits per heavy atom. The van der Waals surface area contributed by atoms with Crippen molar-refractivity contribution in [2.24, 2.45) is 0 Å². The third kappa shape index (κ3) is 3.91. The van der Waals surface area contributed by atoms with E-state index >= 15 is 0 Å². The monoisotopic (exact) mass is 345 g/mol. The summed E-state index contributed by atoms with van der Waals surface area (Å²) in [6, 6.07) is 15.9. The zero-order valence-corrected chi connectivity index (χ0v) is 15.3. The maximum absolute atomic E-state index is 12.8. The van der Waals surface area contributed by atoms with Gasteiger partial charge in [0.15, 0.2) is 5.78 Å². The summed E-state index contributed by atoms with van der Waals surface area (Å²) in [5, 5.41) is 0. The molecule has 0 atom stereocenters. The summed E-state index contributed by atoms with van der Waals surface area (Å²) in [6.45, 7) is 5.85. The molecule has 0 aliphatic heterocycles. The fourth-order valence-electron chi connectivity index (χ4n) is 2.66. The Labute approximate surface area is 144 Å². The van der Waals surface area contributed by atoms with Crippen LogP contribution in [0.25, 0.3) is 0 Å². The summed E-state index contributed by atoms with van der Waals surface area (Å²) in [5.74, 6) is -0.0856. The number of hydrogen-bond acceptors (Lipinski definition) is 3. The third-order valence-corrected chi connectivity index (χ3v) is 5.96. The molecule has 0 unspecified atom stereocenters. The van der Waals surface area contributed by atoms with E-state index in [1.54, 1.807) is 19.2 Å².